The summed E-state index contributed by atoms with van der Waals surface area (Å²) < 4.78 is 0. The molecule has 0 saturated heterocycles. The molecule has 0 atom stereocenters. The molecule has 0 aliphatic heterocycles. The molecule has 0 fully saturated rings. The first-order valence-corrected chi connectivity index (χ1v) is 6.87. The van der Waals surface area contributed by atoms with E-state index in [1.807, 2.05) is 12.1 Å². The van der Waals surface area contributed by atoms with Gasteiger partial charge in [-0.1, -0.05) is 88.4 Å². The fourth-order valence-corrected chi connectivity index (χ4v) is 1.68. The summed E-state index contributed by atoms with van der Waals surface area (Å²) in [5.41, 5.74) is 2.83. The van der Waals surface area contributed by atoms with Crippen molar-refractivity contribution in [3.63, 3.8) is 0 Å². The zero-order valence-electron chi connectivity index (χ0n) is 14.7. The van der Waals surface area contributed by atoms with Crippen LogP contribution in [0, 0.1) is 0 Å². The molecule has 0 radical (unpaired) electrons. The van der Waals surface area contributed by atoms with Crippen molar-refractivity contribution >= 4 is 0 Å². The van der Waals surface area contributed by atoms with Crippen molar-refractivity contribution in [3.8, 4) is 0 Å². The fraction of sp³-hybridized carbons (Fsp3) is 0.333. The van der Waals surface area contributed by atoms with E-state index in [4.69, 9.17) is 10.5 Å². The summed E-state index contributed by atoms with van der Waals surface area (Å²) in [5, 5.41) is 14.0. The molecule has 2 rings (SSSR count). The Morgan fingerprint density at radius 2 is 0.773 bits per heavy atom. The molecule has 0 heterocycles. The zero-order chi connectivity index (χ0) is 15.4. The zero-order valence-corrected chi connectivity index (χ0v) is 18.7. The predicted octanol–water partition coefficient (Wildman–Crippen LogP) is -2.75. The first kappa shape index (κ1) is 27.2. The Balaban J connectivity index is -0.000000273. The molecule has 0 bridgehead atoms. The van der Waals surface area contributed by atoms with E-state index in [1.54, 1.807) is 0 Å². The van der Waals surface area contributed by atoms with Gasteiger partial charge in [0.1, 0.15) is 0 Å². The van der Waals surface area contributed by atoms with Gasteiger partial charge in [0.15, 0.2) is 0 Å². The van der Waals surface area contributed by atoms with Gasteiger partial charge < -0.3 is 10.5 Å². The predicted molar refractivity (Wildman–Crippen MR) is 81.1 cm³/mol. The summed E-state index contributed by atoms with van der Waals surface area (Å²) in [4.78, 5) is 0. The molecule has 2 aromatic rings. The van der Waals surface area contributed by atoms with Gasteiger partial charge in [0.2, 0.25) is 0 Å². The van der Waals surface area contributed by atoms with E-state index in [2.05, 4.69) is 76.2 Å². The molecule has 0 aromatic heterocycles. The second kappa shape index (κ2) is 17.7. The summed E-state index contributed by atoms with van der Waals surface area (Å²) in [5.74, 6) is 1.32. The van der Waals surface area contributed by atoms with E-state index in [9.17, 15) is 0 Å². The Bertz CT molecular complexity index is 388. The monoisotopic (exact) mass is 318 g/mol. The average Bonchev–Trinajstić information content (AvgIpc) is 2.51. The third-order valence-electron chi connectivity index (χ3n) is 2.93. The minimum atomic E-state index is 0. The number of hydrogen-bond donors (Lipinski definition) is 0. The number of rotatable bonds is 2. The van der Waals surface area contributed by atoms with Crippen molar-refractivity contribution in [1.29, 1.82) is 0 Å². The van der Waals surface area contributed by atoms with Gasteiger partial charge in [-0.05, 0) is 23.0 Å². The van der Waals surface area contributed by atoms with Crippen LogP contribution in [-0.4, -0.2) is 0 Å². The fourth-order valence-electron chi connectivity index (χ4n) is 1.68. The molecule has 0 aliphatic rings. The van der Waals surface area contributed by atoms with Crippen LogP contribution in [0.2, 0.25) is 0 Å². The van der Waals surface area contributed by atoms with Crippen LogP contribution in [0.1, 0.15) is 50.7 Å². The van der Waals surface area contributed by atoms with Crippen molar-refractivity contribution in [2.45, 2.75) is 39.5 Å². The largest absolute Gasteiger partial charge is 1.00 e. The van der Waals surface area contributed by atoms with Gasteiger partial charge in [-0.3, -0.25) is 0 Å². The van der Waals surface area contributed by atoms with Gasteiger partial charge in [-0.25, -0.2) is 0 Å². The van der Waals surface area contributed by atoms with Gasteiger partial charge in [0.05, 0.1) is 0 Å². The molecule has 0 N–H and O–H groups in total. The van der Waals surface area contributed by atoms with Gasteiger partial charge in [-0.15, -0.1) is 0 Å². The molecule has 0 amide bonds. The second-order valence-corrected chi connectivity index (χ2v) is 5.13. The molecular formula is C18H24Na2O2. The normalized spacial score (nSPS) is 8.55. The minimum Gasteiger partial charge on any atom is -1.00 e. The summed E-state index contributed by atoms with van der Waals surface area (Å²) >= 11 is 0. The summed E-state index contributed by atoms with van der Waals surface area (Å²) in [6, 6.07) is 21.0. The molecule has 110 valence electrons. The first-order valence-electron chi connectivity index (χ1n) is 6.87. The Hall–Kier alpha value is 0.360. The van der Waals surface area contributed by atoms with E-state index >= 15 is 0 Å². The maximum Gasteiger partial charge on any atom is 1.00 e. The van der Waals surface area contributed by atoms with Crippen LogP contribution in [0.3, 0.4) is 0 Å². The third-order valence-corrected chi connectivity index (χ3v) is 2.93. The van der Waals surface area contributed by atoms with Crippen LogP contribution >= 0.6 is 0 Å². The Morgan fingerprint density at radius 3 is 0.909 bits per heavy atom. The molecule has 22 heavy (non-hydrogen) atoms. The van der Waals surface area contributed by atoms with Crippen LogP contribution in [0.5, 0.6) is 0 Å². The SMILES string of the molecule is CC(C)c1ccccc1.CC(C)c1ccccc1.[Na+].[Na+].[O-][O-]. The molecule has 4 heteroatoms. The standard InChI is InChI=1S/2C9H12.2Na.O2/c2*1-8(2)9-6-4-3-5-7-9;;;1-2/h2*3-8H,1-2H3;;;/q;;2*+1;-2. The van der Waals surface area contributed by atoms with Crippen molar-refractivity contribution in [2.24, 2.45) is 0 Å². The smallest absolute Gasteiger partial charge is 1.00 e. The Morgan fingerprint density at radius 1 is 0.545 bits per heavy atom. The molecule has 0 saturated carbocycles. The molecule has 2 nitrogen and oxygen atoms in total. The van der Waals surface area contributed by atoms with Gasteiger partial charge >= 0.3 is 59.1 Å². The third kappa shape index (κ3) is 12.9. The van der Waals surface area contributed by atoms with E-state index in [1.165, 1.54) is 11.1 Å². The molecule has 0 unspecified atom stereocenters. The Labute approximate surface area is 179 Å². The van der Waals surface area contributed by atoms with Gasteiger partial charge in [-0.2, -0.15) is 0 Å². The van der Waals surface area contributed by atoms with Crippen molar-refractivity contribution in [3.05, 3.63) is 71.8 Å². The van der Waals surface area contributed by atoms with Crippen molar-refractivity contribution in [2.75, 3.05) is 0 Å². The van der Waals surface area contributed by atoms with Crippen molar-refractivity contribution < 1.29 is 69.6 Å². The minimum absolute atomic E-state index is 0. The quantitative estimate of drug-likeness (QED) is 0.342. The second-order valence-electron chi connectivity index (χ2n) is 5.13. The summed E-state index contributed by atoms with van der Waals surface area (Å²) in [6.45, 7) is 8.81. The van der Waals surface area contributed by atoms with Crippen LogP contribution < -0.4 is 69.6 Å². The molecular weight excluding hydrogens is 294 g/mol. The topological polar surface area (TPSA) is 46.1 Å². The maximum absolute atomic E-state index is 7.00. The maximum atomic E-state index is 7.00. The summed E-state index contributed by atoms with van der Waals surface area (Å²) in [6.07, 6.45) is 0. The van der Waals surface area contributed by atoms with Crippen LogP contribution in [0.25, 0.3) is 0 Å². The van der Waals surface area contributed by atoms with Crippen LogP contribution in [0.15, 0.2) is 60.7 Å². The van der Waals surface area contributed by atoms with E-state index in [-0.39, 0.29) is 59.1 Å². The number of benzene rings is 2. The van der Waals surface area contributed by atoms with Crippen LogP contribution in [0.4, 0.5) is 0 Å². The first-order chi connectivity index (χ1) is 9.61. The molecule has 0 aliphatic carbocycles. The molecule has 0 spiro atoms. The van der Waals surface area contributed by atoms with Crippen molar-refractivity contribution in [1.82, 2.24) is 0 Å². The van der Waals surface area contributed by atoms with Gasteiger partial charge in [0, 0.05) is 0 Å². The van der Waals surface area contributed by atoms with E-state index in [0.717, 1.165) is 0 Å². The van der Waals surface area contributed by atoms with E-state index < -0.39 is 0 Å². The molecule has 2 aromatic carbocycles. The Kier molecular flexibility index (Phi) is 21.9. The van der Waals surface area contributed by atoms with Crippen LogP contribution in [-0.2, 0) is 0 Å². The average molecular weight is 318 g/mol. The van der Waals surface area contributed by atoms with Gasteiger partial charge in [0.25, 0.3) is 0 Å². The number of hydrogen-bond acceptors (Lipinski definition) is 2. The summed E-state index contributed by atoms with van der Waals surface area (Å²) in [7, 11) is 0. The van der Waals surface area contributed by atoms with E-state index in [0.29, 0.717) is 11.8 Å².